The van der Waals surface area contributed by atoms with Crippen molar-refractivity contribution in [3.8, 4) is 0 Å². The number of aliphatic carboxylic acids is 2. The Hall–Kier alpha value is -1.08. The quantitative estimate of drug-likeness (QED) is 0.0420. The van der Waals surface area contributed by atoms with Crippen LogP contribution in [-0.4, -0.2) is 190 Å². The maximum absolute atomic E-state index is 11.8. The minimum absolute atomic E-state index is 0. The molecular formula is C42H78B21O7. The van der Waals surface area contributed by atoms with Gasteiger partial charge in [0.05, 0.1) is 22.9 Å². The Labute approximate surface area is 449 Å². The van der Waals surface area contributed by atoms with Crippen LogP contribution in [0.3, 0.4) is 0 Å². The van der Waals surface area contributed by atoms with Crippen molar-refractivity contribution in [2.45, 2.75) is 192 Å². The van der Waals surface area contributed by atoms with Gasteiger partial charge in [-0.2, -0.15) is 0 Å². The number of unbranched alkanes of at least 4 members (excludes halogenated alkanes) is 10. The van der Waals surface area contributed by atoms with E-state index >= 15 is 0 Å². The number of esters is 1. The number of allylic oxidation sites excluding steroid dienone is 4. The number of ether oxygens (including phenoxy) is 1. The van der Waals surface area contributed by atoms with Gasteiger partial charge >= 0.3 is 17.9 Å². The van der Waals surface area contributed by atoms with Crippen molar-refractivity contribution < 1.29 is 34.1 Å². The van der Waals surface area contributed by atoms with Gasteiger partial charge in [0.2, 0.25) is 0 Å². The van der Waals surface area contributed by atoms with Gasteiger partial charge in [0.1, 0.15) is 5.78 Å². The topological polar surface area (TPSA) is 118 Å². The lowest BCUT2D eigenvalue weighted by atomic mass is 8.38. The van der Waals surface area contributed by atoms with Crippen molar-refractivity contribution in [2.24, 2.45) is 21.7 Å². The summed E-state index contributed by atoms with van der Waals surface area (Å²) in [6.07, 6.45) is 20.4. The Morgan fingerprint density at radius 2 is 0.757 bits per heavy atom. The zero-order chi connectivity index (χ0) is 54.2. The monoisotopic (exact) mass is 926 g/mol. The first-order valence-corrected chi connectivity index (χ1v) is 25.3. The first kappa shape index (κ1) is 75.4. The van der Waals surface area contributed by atoms with E-state index in [4.69, 9.17) is 100 Å². The molecule has 0 saturated heterocycles. The first-order valence-electron chi connectivity index (χ1n) is 25.3. The molecule has 0 saturated carbocycles. The third-order valence-corrected chi connectivity index (χ3v) is 13.2. The summed E-state index contributed by atoms with van der Waals surface area (Å²) in [5.41, 5.74) is -1.76. The van der Waals surface area contributed by atoms with E-state index in [2.05, 4.69) is 24.3 Å². The second-order valence-corrected chi connectivity index (χ2v) is 21.4. The molecule has 7 nitrogen and oxygen atoms in total. The molecule has 2 N–H and O–H groups in total. The summed E-state index contributed by atoms with van der Waals surface area (Å²) in [7, 11) is 64.8. The molecule has 0 aromatic heterocycles. The summed E-state index contributed by atoms with van der Waals surface area (Å²) in [5.74, 6) is -1.24. The molecule has 0 aliphatic carbocycles. The molecule has 351 valence electrons. The summed E-state index contributed by atoms with van der Waals surface area (Å²) in [6.45, 7) is 19.1. The second-order valence-electron chi connectivity index (χ2n) is 21.4. The minimum Gasteiger partial charge on any atom is -0.481 e. The molecule has 0 heterocycles. The number of carboxylic acid groups (broad SMARTS) is 2. The molecule has 70 heavy (non-hydrogen) atoms. The number of carboxylic acids is 2. The van der Waals surface area contributed by atoms with E-state index in [0.29, 0.717) is 12.4 Å². The van der Waals surface area contributed by atoms with Crippen LogP contribution in [0.1, 0.15) is 192 Å². The van der Waals surface area contributed by atoms with Gasteiger partial charge in [-0.05, 0) is 132 Å². The van der Waals surface area contributed by atoms with Crippen LogP contribution in [-0.2, 0) is 23.9 Å². The van der Waals surface area contributed by atoms with Crippen molar-refractivity contribution in [3.05, 3.63) is 24.3 Å². The van der Waals surface area contributed by atoms with Crippen LogP contribution < -0.4 is 0 Å². The molecule has 0 aromatic carbocycles. The van der Waals surface area contributed by atoms with Gasteiger partial charge < -0.3 is 14.9 Å². The van der Waals surface area contributed by atoms with E-state index in [9.17, 15) is 19.2 Å². The first-order chi connectivity index (χ1) is 31.8. The number of hydrogen-bond donors (Lipinski definition) is 2. The number of carbonyl (C=O) groups excluding carboxylic acids is 2. The lowest BCUT2D eigenvalue weighted by Crippen LogP contribution is -2.81. The van der Waals surface area contributed by atoms with E-state index in [0.717, 1.165) is 103 Å². The molecule has 0 aliphatic rings. The van der Waals surface area contributed by atoms with Crippen molar-refractivity contribution in [1.29, 1.82) is 0 Å². The average Bonchev–Trinajstić information content (AvgIpc) is 3.21. The fourth-order valence-corrected chi connectivity index (χ4v) is 7.78. The fraction of sp³-hybridized carbons (Fsp3) is 0.810. The second kappa shape index (κ2) is 40.3. The maximum Gasteiger partial charge on any atom is 0.311 e. The Morgan fingerprint density at radius 3 is 1.01 bits per heavy atom. The van der Waals surface area contributed by atoms with Gasteiger partial charge in [-0.25, -0.2) is 0 Å². The molecule has 0 rings (SSSR count). The summed E-state index contributed by atoms with van der Waals surface area (Å²) >= 11 is 0. The molecule has 0 fully saturated rings. The highest BCUT2D eigenvalue weighted by molar-refractivity contribution is 8.20. The van der Waals surface area contributed by atoms with E-state index in [1.807, 2.05) is 34.6 Å². The van der Waals surface area contributed by atoms with Gasteiger partial charge in [0, 0.05) is 155 Å². The zero-order valence-corrected chi connectivity index (χ0v) is 44.8. The molecule has 0 aliphatic heterocycles. The van der Waals surface area contributed by atoms with Crippen molar-refractivity contribution in [3.63, 3.8) is 0 Å². The molecule has 0 spiro atoms. The minimum atomic E-state index is -0.879. The Balaban J connectivity index is -0.000000465. The fourth-order valence-electron chi connectivity index (χ4n) is 7.78. The zero-order valence-electron chi connectivity index (χ0n) is 44.8. The Morgan fingerprint density at radius 1 is 0.471 bits per heavy atom. The van der Waals surface area contributed by atoms with Crippen LogP contribution in [0, 0.1) is 21.7 Å². The summed E-state index contributed by atoms with van der Waals surface area (Å²) in [5, 5.41) is 18.0. The van der Waals surface area contributed by atoms with Crippen LogP contribution >= 0.6 is 0 Å². The smallest absolute Gasteiger partial charge is 0.311 e. The Bertz CT molecular complexity index is 1430. The third-order valence-electron chi connectivity index (χ3n) is 13.2. The van der Waals surface area contributed by atoms with Gasteiger partial charge in [0.25, 0.3) is 0 Å². The van der Waals surface area contributed by atoms with E-state index in [1.54, 1.807) is 34.6 Å². The van der Waals surface area contributed by atoms with E-state index in [-0.39, 0.29) is 24.2 Å². The molecule has 28 heteroatoms. The van der Waals surface area contributed by atoms with Crippen LogP contribution in [0.25, 0.3) is 0 Å². The van der Waals surface area contributed by atoms with Gasteiger partial charge in [-0.1, -0.05) is 84.1 Å². The van der Waals surface area contributed by atoms with Crippen molar-refractivity contribution in [1.82, 2.24) is 0 Å². The van der Waals surface area contributed by atoms with Crippen molar-refractivity contribution in [2.75, 3.05) is 6.61 Å². The normalized spacial score (nSPS) is 11.4. The third kappa shape index (κ3) is 34.4. The predicted molar refractivity (Wildman–Crippen MR) is 327 cm³/mol. The van der Waals surface area contributed by atoms with Crippen LogP contribution in [0.4, 0.5) is 0 Å². The molecule has 23 radical (unpaired) electrons. The average molecular weight is 922 g/mol. The SMILES string of the molecule is C.CC(C)(CCCC/C=C/CCCCCC(C)(C)C(=O)O)C(=O)O.CCOC(=O)C(C)(C)CCCC/C=C/CCCCCC(C)(C)C(C)=O.[B][B]B(B([B])[B])B(B(B([B])[B])B([B])[B])B(B([B])[B])B([B])[B]. The van der Waals surface area contributed by atoms with Crippen LogP contribution in [0.15, 0.2) is 24.3 Å². The Kier molecular flexibility index (Phi) is 43.4. The maximum atomic E-state index is 11.8. The molecular weight excluding hydrogens is 844 g/mol. The molecule has 0 aromatic rings. The molecule has 0 unspecified atom stereocenters. The largest absolute Gasteiger partial charge is 0.481 e. The van der Waals surface area contributed by atoms with Gasteiger partial charge in [-0.3, -0.25) is 19.2 Å². The summed E-state index contributed by atoms with van der Waals surface area (Å²) in [6, 6.07) is 0. The number of hydrogen-bond acceptors (Lipinski definition) is 5. The number of rotatable bonds is 36. The number of ketones is 1. The van der Waals surface area contributed by atoms with Crippen molar-refractivity contribution >= 4 is 173 Å². The molecule has 0 atom stereocenters. The highest BCUT2D eigenvalue weighted by Gasteiger charge is 2.45. The highest BCUT2D eigenvalue weighted by Crippen LogP contribution is 2.27. The number of Topliss-reactive ketones (excluding diaryl/α,β-unsaturated/α-hetero) is 1. The standard InChI is InChI=1S/C22H40O3.C19H34O4.CH4.B21/c1-7-25-20(24)22(5,6)18-16-14-12-10-8-9-11-13-15-17-21(3,4)19(2)23;1-18(2,16(20)21)14-12-10-8-6-5-7-9-11-13-15-19(3,4)17(22)23;;1-12-18(13(2)3)21(19(14(4)5)15(6)7)20(16(8)9)17(10)11/h8,10H,7,9,11-18H2,1-6H3;5-6H,7-15H2,1-4H3,(H,20,21)(H,22,23);1H4;/b10-8+;6-5+;;. The highest BCUT2D eigenvalue weighted by atomic mass is 16.5. The van der Waals surface area contributed by atoms with E-state index in [1.165, 1.54) is 19.9 Å². The number of carbonyl (C=O) groups is 4. The predicted octanol–water partition coefficient (Wildman–Crippen LogP) is 4.17. The van der Waals surface area contributed by atoms with E-state index < -0.39 is 80.2 Å². The molecule has 0 amide bonds. The lowest BCUT2D eigenvalue weighted by molar-refractivity contribution is -0.154. The van der Waals surface area contributed by atoms with Gasteiger partial charge in [-0.15, -0.1) is 0 Å². The molecule has 0 bridgehead atoms. The van der Waals surface area contributed by atoms with Gasteiger partial charge in [0.15, 0.2) is 0 Å². The lowest BCUT2D eigenvalue weighted by Gasteiger charge is -2.43. The summed E-state index contributed by atoms with van der Waals surface area (Å²) < 4.78 is 5.11. The van der Waals surface area contributed by atoms with Crippen LogP contribution in [0.5, 0.6) is 0 Å². The summed E-state index contributed by atoms with van der Waals surface area (Å²) in [4.78, 5) is 45.2. The van der Waals surface area contributed by atoms with Crippen LogP contribution in [0.2, 0.25) is 0 Å².